The van der Waals surface area contributed by atoms with E-state index in [1.807, 2.05) is 36.1 Å². The lowest BCUT2D eigenvalue weighted by atomic mass is 10.1. The lowest BCUT2D eigenvalue weighted by molar-refractivity contribution is -0.132. The van der Waals surface area contributed by atoms with Gasteiger partial charge in [-0.15, -0.1) is 0 Å². The van der Waals surface area contributed by atoms with Crippen LogP contribution >= 0.6 is 11.6 Å². The van der Waals surface area contributed by atoms with E-state index in [9.17, 15) is 4.79 Å². The molecule has 1 aromatic carbocycles. The molecule has 1 atom stereocenters. The normalized spacial score (nSPS) is 16.2. The van der Waals surface area contributed by atoms with Gasteiger partial charge in [0.15, 0.2) is 0 Å². The van der Waals surface area contributed by atoms with E-state index in [0.29, 0.717) is 30.5 Å². The third-order valence-electron chi connectivity index (χ3n) is 3.63. The van der Waals surface area contributed by atoms with Gasteiger partial charge in [0.05, 0.1) is 0 Å². The predicted octanol–water partition coefficient (Wildman–Crippen LogP) is 2.82. The summed E-state index contributed by atoms with van der Waals surface area (Å²) in [4.78, 5) is 14.1. The van der Waals surface area contributed by atoms with Gasteiger partial charge in [-0.1, -0.05) is 23.7 Å². The number of rotatable bonds is 6. The van der Waals surface area contributed by atoms with Crippen LogP contribution in [-0.4, -0.2) is 23.4 Å². The van der Waals surface area contributed by atoms with Gasteiger partial charge < -0.3 is 10.6 Å². The molecule has 0 aromatic heterocycles. The molecule has 1 aliphatic rings. The summed E-state index contributed by atoms with van der Waals surface area (Å²) in [7, 11) is 0. The van der Waals surface area contributed by atoms with Gasteiger partial charge in [0, 0.05) is 30.6 Å². The number of hydrogen-bond donors (Lipinski definition) is 1. The van der Waals surface area contributed by atoms with Crippen LogP contribution in [0, 0.1) is 5.92 Å². The summed E-state index contributed by atoms with van der Waals surface area (Å²) in [6.45, 7) is 3.29. The Balaban J connectivity index is 1.93. The summed E-state index contributed by atoms with van der Waals surface area (Å²) in [5, 5.41) is 0.704. The monoisotopic (exact) mass is 280 g/mol. The Morgan fingerprint density at radius 3 is 2.84 bits per heavy atom. The zero-order chi connectivity index (χ0) is 13.8. The quantitative estimate of drug-likeness (QED) is 0.871. The van der Waals surface area contributed by atoms with Gasteiger partial charge >= 0.3 is 0 Å². The minimum absolute atomic E-state index is 0.0286. The van der Waals surface area contributed by atoms with Crippen LogP contribution < -0.4 is 5.73 Å². The van der Waals surface area contributed by atoms with Crippen molar-refractivity contribution >= 4 is 17.5 Å². The molecule has 1 aromatic rings. The molecule has 1 aliphatic carbocycles. The van der Waals surface area contributed by atoms with Gasteiger partial charge in [-0.05, 0) is 43.4 Å². The highest BCUT2D eigenvalue weighted by atomic mass is 35.5. The fraction of sp³-hybridized carbons (Fsp3) is 0.533. The molecule has 1 unspecified atom stereocenters. The molecule has 1 fully saturated rings. The van der Waals surface area contributed by atoms with Gasteiger partial charge in [-0.2, -0.15) is 0 Å². The molecular weight excluding hydrogens is 260 g/mol. The van der Waals surface area contributed by atoms with E-state index in [1.54, 1.807) is 0 Å². The Morgan fingerprint density at radius 1 is 1.53 bits per heavy atom. The number of halogens is 1. The van der Waals surface area contributed by atoms with Gasteiger partial charge in [0.1, 0.15) is 0 Å². The van der Waals surface area contributed by atoms with Crippen molar-refractivity contribution in [3.05, 3.63) is 34.9 Å². The van der Waals surface area contributed by atoms with Crippen LogP contribution in [-0.2, 0) is 11.3 Å². The SMILES string of the molecule is CCN(Cc1cccc(Cl)c1)C(=O)CC(N)C1CC1. The molecule has 0 radical (unpaired) electrons. The second-order valence-corrected chi connectivity index (χ2v) is 5.68. The Bertz CT molecular complexity index is 446. The van der Waals surface area contributed by atoms with E-state index in [-0.39, 0.29) is 11.9 Å². The number of nitrogens with zero attached hydrogens (tertiary/aromatic N) is 1. The highest BCUT2D eigenvalue weighted by Gasteiger charge is 2.30. The number of hydrogen-bond acceptors (Lipinski definition) is 2. The smallest absolute Gasteiger partial charge is 0.224 e. The minimum atomic E-state index is 0.0286. The fourth-order valence-electron chi connectivity index (χ4n) is 2.25. The molecule has 1 amide bonds. The van der Waals surface area contributed by atoms with Crippen LogP contribution in [0.15, 0.2) is 24.3 Å². The standard InChI is InChI=1S/C15H21ClN2O/c1-2-18(10-11-4-3-5-13(16)8-11)15(19)9-14(17)12-6-7-12/h3-5,8,12,14H,2,6-7,9-10,17H2,1H3. The lowest BCUT2D eigenvalue weighted by Gasteiger charge is -2.23. The van der Waals surface area contributed by atoms with Crippen LogP contribution in [0.3, 0.4) is 0 Å². The number of carbonyl (C=O) groups is 1. The van der Waals surface area contributed by atoms with Crippen molar-refractivity contribution in [2.24, 2.45) is 11.7 Å². The number of benzene rings is 1. The number of nitrogens with two attached hydrogens (primary N) is 1. The molecule has 0 spiro atoms. The third kappa shape index (κ3) is 4.22. The van der Waals surface area contributed by atoms with E-state index in [0.717, 1.165) is 5.56 Å². The molecular formula is C15H21ClN2O. The van der Waals surface area contributed by atoms with Crippen molar-refractivity contribution in [2.75, 3.05) is 6.54 Å². The molecule has 4 heteroatoms. The fourth-order valence-corrected chi connectivity index (χ4v) is 2.47. The van der Waals surface area contributed by atoms with Crippen LogP contribution in [0.5, 0.6) is 0 Å². The number of carbonyl (C=O) groups excluding carboxylic acids is 1. The van der Waals surface area contributed by atoms with Gasteiger partial charge in [-0.25, -0.2) is 0 Å². The van der Waals surface area contributed by atoms with Gasteiger partial charge in [0.25, 0.3) is 0 Å². The van der Waals surface area contributed by atoms with Crippen molar-refractivity contribution in [3.8, 4) is 0 Å². The predicted molar refractivity (Wildman–Crippen MR) is 77.9 cm³/mol. The molecule has 0 bridgehead atoms. The van der Waals surface area contributed by atoms with Crippen molar-refractivity contribution in [1.82, 2.24) is 4.90 Å². The highest BCUT2D eigenvalue weighted by molar-refractivity contribution is 6.30. The average molecular weight is 281 g/mol. The van der Waals surface area contributed by atoms with E-state index in [2.05, 4.69) is 0 Å². The van der Waals surface area contributed by atoms with E-state index < -0.39 is 0 Å². The zero-order valence-corrected chi connectivity index (χ0v) is 12.1. The molecule has 0 aliphatic heterocycles. The second-order valence-electron chi connectivity index (χ2n) is 5.24. The van der Waals surface area contributed by atoms with Crippen molar-refractivity contribution in [1.29, 1.82) is 0 Å². The topological polar surface area (TPSA) is 46.3 Å². The molecule has 0 heterocycles. The lowest BCUT2D eigenvalue weighted by Crippen LogP contribution is -2.36. The molecule has 3 nitrogen and oxygen atoms in total. The van der Waals surface area contributed by atoms with Crippen LogP contribution in [0.2, 0.25) is 5.02 Å². The summed E-state index contributed by atoms with van der Waals surface area (Å²) in [5.41, 5.74) is 7.08. The first kappa shape index (κ1) is 14.4. The summed E-state index contributed by atoms with van der Waals surface area (Å²) < 4.78 is 0. The average Bonchev–Trinajstić information content (AvgIpc) is 3.20. The molecule has 0 saturated heterocycles. The Kier molecular flexibility index (Phi) is 4.83. The van der Waals surface area contributed by atoms with Crippen molar-refractivity contribution in [2.45, 2.75) is 38.8 Å². The van der Waals surface area contributed by atoms with Gasteiger partial charge in [0.2, 0.25) is 5.91 Å². The molecule has 104 valence electrons. The van der Waals surface area contributed by atoms with Crippen LogP contribution in [0.1, 0.15) is 31.7 Å². The van der Waals surface area contributed by atoms with E-state index in [4.69, 9.17) is 17.3 Å². The molecule has 2 rings (SSSR count). The summed E-state index contributed by atoms with van der Waals surface area (Å²) in [5.74, 6) is 0.704. The summed E-state index contributed by atoms with van der Waals surface area (Å²) in [6.07, 6.45) is 2.81. The zero-order valence-electron chi connectivity index (χ0n) is 11.3. The number of amides is 1. The first-order chi connectivity index (χ1) is 9.10. The van der Waals surface area contributed by atoms with Crippen LogP contribution in [0.4, 0.5) is 0 Å². The maximum absolute atomic E-state index is 12.2. The Hall–Kier alpha value is -1.06. The maximum atomic E-state index is 12.2. The molecule has 2 N–H and O–H groups in total. The first-order valence-corrected chi connectivity index (χ1v) is 7.25. The maximum Gasteiger partial charge on any atom is 0.224 e. The summed E-state index contributed by atoms with van der Waals surface area (Å²) in [6, 6.07) is 7.67. The summed E-state index contributed by atoms with van der Waals surface area (Å²) >= 11 is 5.96. The Morgan fingerprint density at radius 2 is 2.26 bits per heavy atom. The second kappa shape index (κ2) is 6.40. The van der Waals surface area contributed by atoms with E-state index >= 15 is 0 Å². The first-order valence-electron chi connectivity index (χ1n) is 6.88. The van der Waals surface area contributed by atoms with Gasteiger partial charge in [-0.3, -0.25) is 4.79 Å². The Labute approximate surface area is 119 Å². The van der Waals surface area contributed by atoms with Crippen molar-refractivity contribution in [3.63, 3.8) is 0 Å². The largest absolute Gasteiger partial charge is 0.339 e. The molecule has 1 saturated carbocycles. The third-order valence-corrected chi connectivity index (χ3v) is 3.87. The minimum Gasteiger partial charge on any atom is -0.339 e. The highest BCUT2D eigenvalue weighted by Crippen LogP contribution is 2.33. The van der Waals surface area contributed by atoms with Crippen LogP contribution in [0.25, 0.3) is 0 Å². The van der Waals surface area contributed by atoms with Crippen molar-refractivity contribution < 1.29 is 4.79 Å². The molecule has 19 heavy (non-hydrogen) atoms. The van der Waals surface area contributed by atoms with E-state index in [1.165, 1.54) is 12.8 Å².